The minimum Gasteiger partial charge on any atom is -0.482 e. The van der Waals surface area contributed by atoms with Gasteiger partial charge in [-0.3, -0.25) is 4.79 Å². The molecule has 0 fully saturated rings. The van der Waals surface area contributed by atoms with Crippen LogP contribution in [0.2, 0.25) is 0 Å². The Bertz CT molecular complexity index is 1210. The van der Waals surface area contributed by atoms with Gasteiger partial charge in [0.15, 0.2) is 12.4 Å². The standard InChI is InChI=1S/C27H24N2O5/c1-28-26(32)22(16-18-9-8-14-21(15-18)33-17-23(30)31)27-29-24(19-10-4-2-5-11-19)25(34-27)20-12-6-3-7-13-20/h2-15,22H,16-17H2,1H3,(H,28,32)(H,30,31). The van der Waals surface area contributed by atoms with Gasteiger partial charge in [-0.2, -0.15) is 0 Å². The molecule has 3 aromatic carbocycles. The topological polar surface area (TPSA) is 102 Å². The molecule has 0 aliphatic carbocycles. The van der Waals surface area contributed by atoms with Gasteiger partial charge in [-0.25, -0.2) is 9.78 Å². The minimum atomic E-state index is -1.06. The highest BCUT2D eigenvalue weighted by Gasteiger charge is 2.28. The highest BCUT2D eigenvalue weighted by atomic mass is 16.5. The molecule has 4 aromatic rings. The molecule has 1 atom stereocenters. The van der Waals surface area contributed by atoms with Crippen LogP contribution in [-0.2, 0) is 16.0 Å². The van der Waals surface area contributed by atoms with Crippen molar-refractivity contribution in [2.45, 2.75) is 12.3 Å². The summed E-state index contributed by atoms with van der Waals surface area (Å²) in [5, 5.41) is 11.6. The summed E-state index contributed by atoms with van der Waals surface area (Å²) in [4.78, 5) is 28.5. The summed E-state index contributed by atoms with van der Waals surface area (Å²) in [5.74, 6) is -0.687. The molecule has 2 N–H and O–H groups in total. The van der Waals surface area contributed by atoms with E-state index in [2.05, 4.69) is 5.32 Å². The predicted molar refractivity (Wildman–Crippen MR) is 127 cm³/mol. The molecule has 0 spiro atoms. The molecule has 7 heteroatoms. The van der Waals surface area contributed by atoms with Gasteiger partial charge in [-0.1, -0.05) is 72.8 Å². The van der Waals surface area contributed by atoms with Crippen LogP contribution in [0.5, 0.6) is 5.75 Å². The first-order valence-electron chi connectivity index (χ1n) is 10.8. The van der Waals surface area contributed by atoms with Crippen LogP contribution >= 0.6 is 0 Å². The van der Waals surface area contributed by atoms with E-state index in [1.165, 1.54) is 0 Å². The van der Waals surface area contributed by atoms with Gasteiger partial charge in [-0.05, 0) is 24.1 Å². The number of benzene rings is 3. The van der Waals surface area contributed by atoms with Gasteiger partial charge in [0.1, 0.15) is 17.4 Å². The van der Waals surface area contributed by atoms with Crippen LogP contribution < -0.4 is 10.1 Å². The number of likely N-dealkylation sites (N-methyl/N-ethyl adjacent to an activating group) is 1. The number of aliphatic carboxylic acids is 1. The van der Waals surface area contributed by atoms with Crippen LogP contribution in [0.25, 0.3) is 22.6 Å². The van der Waals surface area contributed by atoms with Crippen LogP contribution in [0.15, 0.2) is 89.3 Å². The van der Waals surface area contributed by atoms with Crippen molar-refractivity contribution in [3.05, 3.63) is 96.4 Å². The number of nitrogens with one attached hydrogen (secondary N) is 1. The van der Waals surface area contributed by atoms with E-state index in [0.717, 1.165) is 16.7 Å². The summed E-state index contributed by atoms with van der Waals surface area (Å²) in [6.45, 7) is -0.442. The molecule has 4 rings (SSSR count). The second-order valence-electron chi connectivity index (χ2n) is 7.66. The molecule has 0 saturated heterocycles. The second-order valence-corrected chi connectivity index (χ2v) is 7.66. The van der Waals surface area contributed by atoms with Gasteiger partial charge >= 0.3 is 5.97 Å². The van der Waals surface area contributed by atoms with Gasteiger partial charge in [0.05, 0.1) is 0 Å². The molecule has 0 saturated carbocycles. The molecule has 172 valence electrons. The van der Waals surface area contributed by atoms with Crippen molar-refractivity contribution >= 4 is 11.9 Å². The van der Waals surface area contributed by atoms with E-state index in [-0.39, 0.29) is 5.91 Å². The van der Waals surface area contributed by atoms with Crippen LogP contribution in [0.4, 0.5) is 0 Å². The summed E-state index contributed by atoms with van der Waals surface area (Å²) in [6, 6.07) is 26.3. The summed E-state index contributed by atoms with van der Waals surface area (Å²) in [6.07, 6.45) is 0.299. The number of hydrogen-bond donors (Lipinski definition) is 2. The highest BCUT2D eigenvalue weighted by Crippen LogP contribution is 2.35. The average Bonchev–Trinajstić information content (AvgIpc) is 3.32. The van der Waals surface area contributed by atoms with Crippen molar-refractivity contribution in [3.63, 3.8) is 0 Å². The highest BCUT2D eigenvalue weighted by molar-refractivity contribution is 5.84. The molecule has 1 unspecified atom stereocenters. The third-order valence-corrected chi connectivity index (χ3v) is 5.29. The minimum absolute atomic E-state index is 0.239. The lowest BCUT2D eigenvalue weighted by Gasteiger charge is -2.13. The molecule has 0 bridgehead atoms. The normalized spacial score (nSPS) is 11.6. The van der Waals surface area contributed by atoms with Crippen molar-refractivity contribution in [1.82, 2.24) is 10.3 Å². The van der Waals surface area contributed by atoms with Gasteiger partial charge in [-0.15, -0.1) is 0 Å². The Balaban J connectivity index is 1.72. The zero-order valence-electron chi connectivity index (χ0n) is 18.6. The molecule has 1 heterocycles. The lowest BCUT2D eigenvalue weighted by Crippen LogP contribution is -2.27. The monoisotopic (exact) mass is 456 g/mol. The van der Waals surface area contributed by atoms with Crippen LogP contribution in [-0.4, -0.2) is 35.6 Å². The fourth-order valence-corrected chi connectivity index (χ4v) is 3.67. The Labute approximate surface area is 197 Å². The first-order valence-corrected chi connectivity index (χ1v) is 10.8. The lowest BCUT2D eigenvalue weighted by molar-refractivity contribution is -0.139. The van der Waals surface area contributed by atoms with Crippen molar-refractivity contribution in [3.8, 4) is 28.3 Å². The number of carboxylic acid groups (broad SMARTS) is 1. The number of rotatable bonds is 9. The van der Waals surface area contributed by atoms with E-state index < -0.39 is 18.5 Å². The number of carboxylic acids is 1. The molecule has 0 radical (unpaired) electrons. The Kier molecular flexibility index (Phi) is 7.03. The number of carbonyl (C=O) groups excluding carboxylic acids is 1. The van der Waals surface area contributed by atoms with E-state index in [1.807, 2.05) is 66.7 Å². The Hall–Kier alpha value is -4.39. The summed E-state index contributed by atoms with van der Waals surface area (Å²) in [5.41, 5.74) is 3.20. The number of hydrogen-bond acceptors (Lipinski definition) is 5. The molecule has 0 aliphatic heterocycles. The maximum absolute atomic E-state index is 12.9. The van der Waals surface area contributed by atoms with E-state index >= 15 is 0 Å². The number of oxazole rings is 1. The number of aromatic nitrogens is 1. The van der Waals surface area contributed by atoms with Crippen molar-refractivity contribution in [1.29, 1.82) is 0 Å². The van der Waals surface area contributed by atoms with E-state index in [9.17, 15) is 9.59 Å². The Morgan fingerprint density at radius 2 is 1.65 bits per heavy atom. The fourth-order valence-electron chi connectivity index (χ4n) is 3.67. The van der Waals surface area contributed by atoms with E-state index in [0.29, 0.717) is 29.5 Å². The van der Waals surface area contributed by atoms with Crippen molar-refractivity contribution in [2.24, 2.45) is 0 Å². The maximum atomic E-state index is 12.9. The van der Waals surface area contributed by atoms with Crippen LogP contribution in [0.1, 0.15) is 17.4 Å². The molecule has 1 amide bonds. The lowest BCUT2D eigenvalue weighted by atomic mass is 9.98. The fraction of sp³-hybridized carbons (Fsp3) is 0.148. The molecule has 0 aliphatic rings. The summed E-state index contributed by atoms with van der Waals surface area (Å²) < 4.78 is 11.5. The zero-order valence-corrected chi connectivity index (χ0v) is 18.6. The van der Waals surface area contributed by atoms with Crippen LogP contribution in [0, 0.1) is 0 Å². The van der Waals surface area contributed by atoms with Crippen molar-refractivity contribution < 1.29 is 23.8 Å². The second kappa shape index (κ2) is 10.5. The zero-order chi connectivity index (χ0) is 23.9. The number of amides is 1. The van der Waals surface area contributed by atoms with E-state index in [1.54, 1.807) is 25.2 Å². The Morgan fingerprint density at radius 1 is 0.971 bits per heavy atom. The smallest absolute Gasteiger partial charge is 0.341 e. The molecular formula is C27H24N2O5. The third kappa shape index (κ3) is 5.32. The van der Waals surface area contributed by atoms with Gasteiger partial charge in [0.2, 0.25) is 11.8 Å². The van der Waals surface area contributed by atoms with Gasteiger partial charge in [0, 0.05) is 18.2 Å². The summed E-state index contributed by atoms with van der Waals surface area (Å²) >= 11 is 0. The number of carbonyl (C=O) groups is 2. The van der Waals surface area contributed by atoms with Crippen LogP contribution in [0.3, 0.4) is 0 Å². The number of nitrogens with zero attached hydrogens (tertiary/aromatic N) is 1. The maximum Gasteiger partial charge on any atom is 0.341 e. The Morgan fingerprint density at radius 3 is 2.29 bits per heavy atom. The van der Waals surface area contributed by atoms with Gasteiger partial charge < -0.3 is 19.6 Å². The predicted octanol–water partition coefficient (Wildman–Crippen LogP) is 4.54. The average molecular weight is 456 g/mol. The first kappa shape index (κ1) is 22.8. The molecule has 7 nitrogen and oxygen atoms in total. The first-order chi connectivity index (χ1) is 16.5. The number of ether oxygens (including phenoxy) is 1. The quantitative estimate of drug-likeness (QED) is 0.383. The molecule has 34 heavy (non-hydrogen) atoms. The molecule has 1 aromatic heterocycles. The summed E-state index contributed by atoms with van der Waals surface area (Å²) in [7, 11) is 1.57. The van der Waals surface area contributed by atoms with Crippen molar-refractivity contribution in [2.75, 3.05) is 13.7 Å². The van der Waals surface area contributed by atoms with Gasteiger partial charge in [0.25, 0.3) is 0 Å². The van der Waals surface area contributed by atoms with E-state index in [4.69, 9.17) is 19.2 Å². The third-order valence-electron chi connectivity index (χ3n) is 5.29. The SMILES string of the molecule is CNC(=O)C(Cc1cccc(OCC(=O)O)c1)c1nc(-c2ccccc2)c(-c2ccccc2)o1. The molecular weight excluding hydrogens is 432 g/mol. The largest absolute Gasteiger partial charge is 0.482 e.